The highest BCUT2D eigenvalue weighted by Gasteiger charge is 2.35. The molecule has 2 heterocycles. The van der Waals surface area contributed by atoms with E-state index in [1.165, 1.54) is 22.7 Å². The Morgan fingerprint density at radius 1 is 0.926 bits per heavy atom. The molecule has 0 bridgehead atoms. The second-order valence-electron chi connectivity index (χ2n) is 8.26. The summed E-state index contributed by atoms with van der Waals surface area (Å²) in [5.74, 6) is -0.0681. The van der Waals surface area contributed by atoms with Crippen molar-refractivity contribution in [2.75, 3.05) is 53.4 Å². The van der Waals surface area contributed by atoms with Crippen molar-refractivity contribution in [1.29, 1.82) is 0 Å². The Labute approximate surface area is 162 Å². The predicted molar refractivity (Wildman–Crippen MR) is 101 cm³/mol. The van der Waals surface area contributed by atoms with Crippen molar-refractivity contribution in [1.82, 2.24) is 18.4 Å². The fourth-order valence-electron chi connectivity index (χ4n) is 3.26. The molecule has 0 saturated carbocycles. The highest BCUT2D eigenvalue weighted by Crippen LogP contribution is 2.22. The summed E-state index contributed by atoms with van der Waals surface area (Å²) in [6.45, 7) is 7.91. The number of likely N-dealkylation sites (tertiary alicyclic amines) is 1. The molecule has 0 aromatic carbocycles. The zero-order chi connectivity index (χ0) is 20.4. The van der Waals surface area contributed by atoms with Gasteiger partial charge in [0.1, 0.15) is 5.60 Å². The molecule has 0 atom stereocenters. The highest BCUT2D eigenvalue weighted by molar-refractivity contribution is 7.86. The summed E-state index contributed by atoms with van der Waals surface area (Å²) in [5, 5.41) is 0. The average Bonchev–Trinajstić information content (AvgIpc) is 2.59. The molecule has 10 heteroatoms. The van der Waals surface area contributed by atoms with Crippen molar-refractivity contribution < 1.29 is 22.7 Å². The van der Waals surface area contributed by atoms with Crippen molar-refractivity contribution in [3.8, 4) is 0 Å². The fraction of sp³-hybridized carbons (Fsp3) is 0.882. The van der Waals surface area contributed by atoms with Gasteiger partial charge in [-0.2, -0.15) is 17.0 Å². The maximum absolute atomic E-state index is 12.8. The molecule has 0 N–H and O–H groups in total. The molecule has 2 saturated heterocycles. The Bertz CT molecular complexity index is 643. The maximum atomic E-state index is 12.8. The number of hydrogen-bond acceptors (Lipinski definition) is 5. The van der Waals surface area contributed by atoms with Crippen LogP contribution in [0.5, 0.6) is 0 Å². The fourth-order valence-corrected chi connectivity index (χ4v) is 4.35. The van der Waals surface area contributed by atoms with Gasteiger partial charge in [0, 0.05) is 59.3 Å². The normalized spacial score (nSPS) is 20.8. The van der Waals surface area contributed by atoms with E-state index < -0.39 is 15.8 Å². The maximum Gasteiger partial charge on any atom is 0.410 e. The first kappa shape index (κ1) is 21.9. The molecular weight excluding hydrogens is 372 g/mol. The van der Waals surface area contributed by atoms with Crippen LogP contribution in [0.2, 0.25) is 0 Å². The standard InChI is InChI=1S/C17H32N4O5S/c1-17(2,3)26-16(23)20-8-6-14(7-9-20)15(22)19-10-12-21(13-11-19)27(24,25)18(4)5/h14H,6-13H2,1-5H3. The highest BCUT2D eigenvalue weighted by atomic mass is 32.2. The first-order valence-corrected chi connectivity index (χ1v) is 10.8. The number of carbonyl (C=O) groups excluding carboxylic acids is 2. The van der Waals surface area contributed by atoms with E-state index in [-0.39, 0.29) is 17.9 Å². The molecule has 0 aromatic rings. The number of piperazine rings is 1. The van der Waals surface area contributed by atoms with Gasteiger partial charge in [0.15, 0.2) is 0 Å². The Hall–Kier alpha value is -1.39. The quantitative estimate of drug-likeness (QED) is 0.686. The Morgan fingerprint density at radius 2 is 1.44 bits per heavy atom. The van der Waals surface area contributed by atoms with Crippen LogP contribution in [0, 0.1) is 5.92 Å². The molecule has 2 amide bonds. The van der Waals surface area contributed by atoms with Crippen LogP contribution in [0.1, 0.15) is 33.6 Å². The third-order valence-electron chi connectivity index (χ3n) is 4.83. The number of carbonyl (C=O) groups is 2. The van der Waals surface area contributed by atoms with Gasteiger partial charge in [-0.05, 0) is 33.6 Å². The van der Waals surface area contributed by atoms with Crippen molar-refractivity contribution in [3.63, 3.8) is 0 Å². The lowest BCUT2D eigenvalue weighted by Gasteiger charge is -2.38. The number of nitrogens with zero attached hydrogens (tertiary/aromatic N) is 4. The van der Waals surface area contributed by atoms with Gasteiger partial charge in [-0.15, -0.1) is 0 Å². The van der Waals surface area contributed by atoms with E-state index in [0.717, 1.165) is 0 Å². The zero-order valence-electron chi connectivity index (χ0n) is 17.0. The first-order chi connectivity index (χ1) is 12.4. The molecule has 156 valence electrons. The number of piperidine rings is 1. The first-order valence-electron chi connectivity index (χ1n) is 9.36. The molecule has 0 aromatic heterocycles. The minimum atomic E-state index is -3.44. The van der Waals surface area contributed by atoms with E-state index in [1.807, 2.05) is 20.8 Å². The number of amides is 2. The van der Waals surface area contributed by atoms with E-state index in [2.05, 4.69) is 0 Å². The number of rotatable bonds is 3. The number of hydrogen-bond donors (Lipinski definition) is 0. The summed E-state index contributed by atoms with van der Waals surface area (Å²) in [4.78, 5) is 28.3. The molecule has 2 fully saturated rings. The van der Waals surface area contributed by atoms with Crippen molar-refractivity contribution >= 4 is 22.2 Å². The van der Waals surface area contributed by atoms with Gasteiger partial charge >= 0.3 is 6.09 Å². The van der Waals surface area contributed by atoms with Crippen LogP contribution in [-0.2, 0) is 19.7 Å². The van der Waals surface area contributed by atoms with Crippen LogP contribution >= 0.6 is 0 Å². The van der Waals surface area contributed by atoms with Crippen LogP contribution in [0.25, 0.3) is 0 Å². The average molecular weight is 405 g/mol. The smallest absolute Gasteiger partial charge is 0.410 e. The molecule has 0 spiro atoms. The minimum Gasteiger partial charge on any atom is -0.444 e. The van der Waals surface area contributed by atoms with Crippen LogP contribution in [0.3, 0.4) is 0 Å². The summed E-state index contributed by atoms with van der Waals surface area (Å²) in [7, 11) is -0.425. The molecule has 2 aliphatic rings. The summed E-state index contributed by atoms with van der Waals surface area (Å²) in [6, 6.07) is 0. The Balaban J connectivity index is 1.83. The van der Waals surface area contributed by atoms with Crippen LogP contribution in [0.4, 0.5) is 4.79 Å². The van der Waals surface area contributed by atoms with Gasteiger partial charge in [0.25, 0.3) is 10.2 Å². The van der Waals surface area contributed by atoms with Crippen molar-refractivity contribution in [2.24, 2.45) is 5.92 Å². The van der Waals surface area contributed by atoms with Crippen LogP contribution < -0.4 is 0 Å². The largest absolute Gasteiger partial charge is 0.444 e. The summed E-state index contributed by atoms with van der Waals surface area (Å²) < 4.78 is 32.3. The van der Waals surface area contributed by atoms with E-state index >= 15 is 0 Å². The molecule has 2 rings (SSSR count). The number of ether oxygens (including phenoxy) is 1. The lowest BCUT2D eigenvalue weighted by atomic mass is 9.95. The molecule has 27 heavy (non-hydrogen) atoms. The van der Waals surface area contributed by atoms with Crippen molar-refractivity contribution in [3.05, 3.63) is 0 Å². The monoisotopic (exact) mass is 404 g/mol. The van der Waals surface area contributed by atoms with Crippen molar-refractivity contribution in [2.45, 2.75) is 39.2 Å². The molecule has 2 aliphatic heterocycles. The minimum absolute atomic E-state index is 0.0562. The van der Waals surface area contributed by atoms with Crippen LogP contribution in [-0.4, -0.2) is 97.8 Å². The van der Waals surface area contributed by atoms with E-state index in [9.17, 15) is 18.0 Å². The van der Waals surface area contributed by atoms with E-state index in [1.54, 1.807) is 9.80 Å². The lowest BCUT2D eigenvalue weighted by Crippen LogP contribution is -2.54. The van der Waals surface area contributed by atoms with Gasteiger partial charge in [-0.3, -0.25) is 4.79 Å². The van der Waals surface area contributed by atoms with Gasteiger partial charge in [-0.1, -0.05) is 0 Å². The van der Waals surface area contributed by atoms with Crippen LogP contribution in [0.15, 0.2) is 0 Å². The SMILES string of the molecule is CN(C)S(=O)(=O)N1CCN(C(=O)C2CCN(C(=O)OC(C)(C)C)CC2)CC1. The molecule has 0 radical (unpaired) electrons. The second-order valence-corrected chi connectivity index (χ2v) is 10.4. The molecule has 9 nitrogen and oxygen atoms in total. The third-order valence-corrected chi connectivity index (χ3v) is 6.77. The zero-order valence-corrected chi connectivity index (χ0v) is 17.8. The Kier molecular flexibility index (Phi) is 6.75. The van der Waals surface area contributed by atoms with E-state index in [0.29, 0.717) is 52.1 Å². The predicted octanol–water partition coefficient (Wildman–Crippen LogP) is 0.584. The van der Waals surface area contributed by atoms with Gasteiger partial charge in [0.05, 0.1) is 0 Å². The second kappa shape index (κ2) is 8.32. The summed E-state index contributed by atoms with van der Waals surface area (Å²) in [5.41, 5.74) is -0.531. The topological polar surface area (TPSA) is 90.5 Å². The van der Waals surface area contributed by atoms with E-state index in [4.69, 9.17) is 4.74 Å². The lowest BCUT2D eigenvalue weighted by molar-refractivity contribution is -0.138. The molecule has 0 unspecified atom stereocenters. The summed E-state index contributed by atoms with van der Waals surface area (Å²) in [6.07, 6.45) is 0.874. The molecular formula is C17H32N4O5S. The van der Waals surface area contributed by atoms with Gasteiger partial charge in [-0.25, -0.2) is 4.79 Å². The summed E-state index contributed by atoms with van der Waals surface area (Å²) >= 11 is 0. The molecule has 0 aliphatic carbocycles. The Morgan fingerprint density at radius 3 is 1.89 bits per heavy atom. The van der Waals surface area contributed by atoms with Gasteiger partial charge < -0.3 is 14.5 Å². The third kappa shape index (κ3) is 5.55. The van der Waals surface area contributed by atoms with Gasteiger partial charge in [0.2, 0.25) is 5.91 Å².